The molecule has 0 atom stereocenters. The number of nitrogens with one attached hydrogen (secondary N) is 1. The van der Waals surface area contributed by atoms with E-state index in [4.69, 9.17) is 0 Å². The number of amides is 2. The third-order valence-corrected chi connectivity index (χ3v) is 4.96. The van der Waals surface area contributed by atoms with E-state index >= 15 is 0 Å². The molecule has 1 fully saturated rings. The number of carbonyl (C=O) groups is 2. The smallest absolute Gasteiger partial charge is 0.233 e. The molecular formula is C21H21F3N2O2. The summed E-state index contributed by atoms with van der Waals surface area (Å²) >= 11 is 0. The molecule has 0 unspecified atom stereocenters. The second-order valence-electron chi connectivity index (χ2n) is 6.96. The van der Waals surface area contributed by atoms with E-state index in [0.717, 1.165) is 25.3 Å². The number of hydrogen-bond acceptors (Lipinski definition) is 2. The molecule has 2 aromatic rings. The van der Waals surface area contributed by atoms with Crippen molar-refractivity contribution < 1.29 is 22.8 Å². The summed E-state index contributed by atoms with van der Waals surface area (Å²) in [5.74, 6) is -5.13. The number of anilines is 1. The highest BCUT2D eigenvalue weighted by molar-refractivity contribution is 6.03. The van der Waals surface area contributed by atoms with Gasteiger partial charge in [-0.25, -0.2) is 13.2 Å². The standard InChI is InChI=1S/C21H21F3N2O2/c22-16-6-7-17(21(24)20(16)23)25-18(27)13-19(28)26-10-8-15(9-11-26)12-14-4-2-1-3-5-14/h1-7,15H,8-13H2,(H,25,27). The van der Waals surface area contributed by atoms with E-state index < -0.39 is 35.5 Å². The maximum absolute atomic E-state index is 13.6. The Bertz CT molecular complexity index is 850. The average molecular weight is 390 g/mol. The van der Waals surface area contributed by atoms with Gasteiger partial charge in [0.05, 0.1) is 5.69 Å². The minimum Gasteiger partial charge on any atom is -0.342 e. The summed E-state index contributed by atoms with van der Waals surface area (Å²) in [6.45, 7) is 1.12. The Balaban J connectivity index is 1.48. The Morgan fingerprint density at radius 2 is 1.64 bits per heavy atom. The number of benzene rings is 2. The summed E-state index contributed by atoms with van der Waals surface area (Å²) in [4.78, 5) is 25.9. The van der Waals surface area contributed by atoms with Crippen LogP contribution in [0.5, 0.6) is 0 Å². The van der Waals surface area contributed by atoms with Gasteiger partial charge in [0.1, 0.15) is 6.42 Å². The molecular weight excluding hydrogens is 369 g/mol. The molecule has 4 nitrogen and oxygen atoms in total. The molecule has 0 saturated carbocycles. The first kappa shape index (κ1) is 19.9. The van der Waals surface area contributed by atoms with E-state index in [-0.39, 0.29) is 5.91 Å². The molecule has 0 aromatic heterocycles. The number of piperidine rings is 1. The normalized spacial score (nSPS) is 14.8. The van der Waals surface area contributed by atoms with Crippen molar-refractivity contribution in [1.29, 1.82) is 0 Å². The van der Waals surface area contributed by atoms with Gasteiger partial charge in [0.25, 0.3) is 0 Å². The second kappa shape index (κ2) is 8.91. The first-order valence-corrected chi connectivity index (χ1v) is 9.19. The van der Waals surface area contributed by atoms with E-state index in [1.165, 1.54) is 5.56 Å². The summed E-state index contributed by atoms with van der Waals surface area (Å²) in [6.07, 6.45) is 2.18. The largest absolute Gasteiger partial charge is 0.342 e. The van der Waals surface area contributed by atoms with Crippen molar-refractivity contribution in [2.45, 2.75) is 25.7 Å². The number of nitrogens with zero attached hydrogens (tertiary/aromatic N) is 1. The zero-order chi connectivity index (χ0) is 20.1. The van der Waals surface area contributed by atoms with Crippen LogP contribution >= 0.6 is 0 Å². The zero-order valence-electron chi connectivity index (χ0n) is 15.3. The Labute approximate surface area is 161 Å². The monoisotopic (exact) mass is 390 g/mol. The third-order valence-electron chi connectivity index (χ3n) is 4.96. The molecule has 0 bridgehead atoms. The number of halogens is 3. The van der Waals surface area contributed by atoms with Crippen molar-refractivity contribution in [1.82, 2.24) is 4.90 Å². The number of likely N-dealkylation sites (tertiary alicyclic amines) is 1. The molecule has 1 saturated heterocycles. The highest BCUT2D eigenvalue weighted by atomic mass is 19.2. The maximum Gasteiger partial charge on any atom is 0.233 e. The van der Waals surface area contributed by atoms with Crippen LogP contribution in [0.1, 0.15) is 24.8 Å². The molecule has 1 aliphatic heterocycles. The molecule has 2 aromatic carbocycles. The lowest BCUT2D eigenvalue weighted by Gasteiger charge is -2.32. The molecule has 28 heavy (non-hydrogen) atoms. The van der Waals surface area contributed by atoms with Crippen molar-refractivity contribution in [3.05, 3.63) is 65.5 Å². The minimum atomic E-state index is -1.66. The molecule has 0 radical (unpaired) electrons. The fraction of sp³-hybridized carbons (Fsp3) is 0.333. The van der Waals surface area contributed by atoms with Crippen LogP contribution in [0, 0.1) is 23.4 Å². The van der Waals surface area contributed by atoms with Crippen LogP contribution in [0.25, 0.3) is 0 Å². The molecule has 1 aliphatic rings. The Kier molecular flexibility index (Phi) is 6.34. The van der Waals surface area contributed by atoms with Crippen molar-refractivity contribution in [2.24, 2.45) is 5.92 Å². The SMILES string of the molecule is O=C(CC(=O)N1CCC(Cc2ccccc2)CC1)Nc1ccc(F)c(F)c1F. The van der Waals surface area contributed by atoms with Crippen molar-refractivity contribution in [3.8, 4) is 0 Å². The highest BCUT2D eigenvalue weighted by Crippen LogP contribution is 2.23. The van der Waals surface area contributed by atoms with Crippen LogP contribution in [-0.4, -0.2) is 29.8 Å². The lowest BCUT2D eigenvalue weighted by molar-refractivity contribution is -0.135. The molecule has 148 valence electrons. The first-order chi connectivity index (χ1) is 13.4. The van der Waals surface area contributed by atoms with E-state index in [9.17, 15) is 22.8 Å². The van der Waals surface area contributed by atoms with Gasteiger partial charge >= 0.3 is 0 Å². The van der Waals surface area contributed by atoms with Gasteiger partial charge in [-0.1, -0.05) is 30.3 Å². The van der Waals surface area contributed by atoms with Gasteiger partial charge < -0.3 is 10.2 Å². The highest BCUT2D eigenvalue weighted by Gasteiger charge is 2.25. The van der Waals surface area contributed by atoms with Gasteiger partial charge in [0, 0.05) is 13.1 Å². The lowest BCUT2D eigenvalue weighted by Crippen LogP contribution is -2.40. The summed E-state index contributed by atoms with van der Waals surface area (Å²) < 4.78 is 39.8. The summed E-state index contributed by atoms with van der Waals surface area (Å²) in [5.41, 5.74) is 0.776. The number of hydrogen-bond donors (Lipinski definition) is 1. The maximum atomic E-state index is 13.6. The van der Waals surface area contributed by atoms with Crippen molar-refractivity contribution in [3.63, 3.8) is 0 Å². The van der Waals surface area contributed by atoms with E-state index in [1.807, 2.05) is 18.2 Å². The van der Waals surface area contributed by atoms with Gasteiger partial charge in [-0.2, -0.15) is 0 Å². The van der Waals surface area contributed by atoms with Gasteiger partial charge in [-0.3, -0.25) is 9.59 Å². The van der Waals surface area contributed by atoms with Gasteiger partial charge in [-0.15, -0.1) is 0 Å². The first-order valence-electron chi connectivity index (χ1n) is 9.19. The molecule has 1 heterocycles. The van der Waals surface area contributed by atoms with Crippen LogP contribution in [0.2, 0.25) is 0 Å². The number of carbonyl (C=O) groups excluding carboxylic acids is 2. The van der Waals surface area contributed by atoms with E-state index in [1.54, 1.807) is 4.90 Å². The Morgan fingerprint density at radius 1 is 0.964 bits per heavy atom. The fourth-order valence-electron chi connectivity index (χ4n) is 3.40. The van der Waals surface area contributed by atoms with Gasteiger partial charge in [0.15, 0.2) is 17.5 Å². The topological polar surface area (TPSA) is 49.4 Å². The lowest BCUT2D eigenvalue weighted by atomic mass is 9.90. The van der Waals surface area contributed by atoms with Gasteiger partial charge in [-0.05, 0) is 42.9 Å². The fourth-order valence-corrected chi connectivity index (χ4v) is 3.40. The average Bonchev–Trinajstić information content (AvgIpc) is 2.70. The molecule has 3 rings (SSSR count). The predicted molar refractivity (Wildman–Crippen MR) is 99.0 cm³/mol. The number of rotatable bonds is 5. The molecule has 2 amide bonds. The second-order valence-corrected chi connectivity index (χ2v) is 6.96. The van der Waals surface area contributed by atoms with Crippen LogP contribution in [-0.2, 0) is 16.0 Å². The molecule has 0 spiro atoms. The zero-order valence-corrected chi connectivity index (χ0v) is 15.3. The van der Waals surface area contributed by atoms with Crippen molar-refractivity contribution in [2.75, 3.05) is 18.4 Å². The minimum absolute atomic E-state index is 0.362. The summed E-state index contributed by atoms with van der Waals surface area (Å²) in [5, 5.41) is 2.12. The summed E-state index contributed by atoms with van der Waals surface area (Å²) in [6, 6.07) is 11.8. The molecule has 7 heteroatoms. The Morgan fingerprint density at radius 3 is 2.32 bits per heavy atom. The predicted octanol–water partition coefficient (Wildman–Crippen LogP) is 3.91. The van der Waals surface area contributed by atoms with E-state index in [2.05, 4.69) is 17.4 Å². The van der Waals surface area contributed by atoms with Crippen LogP contribution in [0.4, 0.5) is 18.9 Å². The van der Waals surface area contributed by atoms with Crippen LogP contribution < -0.4 is 5.32 Å². The molecule has 1 N–H and O–H groups in total. The summed E-state index contributed by atoms with van der Waals surface area (Å²) in [7, 11) is 0. The van der Waals surface area contributed by atoms with E-state index in [0.29, 0.717) is 25.1 Å². The quantitative estimate of drug-likeness (QED) is 0.622. The van der Waals surface area contributed by atoms with Crippen LogP contribution in [0.3, 0.4) is 0 Å². The Hall–Kier alpha value is -2.83. The third kappa shape index (κ3) is 4.91. The van der Waals surface area contributed by atoms with Crippen molar-refractivity contribution >= 4 is 17.5 Å². The van der Waals surface area contributed by atoms with Gasteiger partial charge in [0.2, 0.25) is 11.8 Å². The molecule has 0 aliphatic carbocycles. The van der Waals surface area contributed by atoms with Crippen LogP contribution in [0.15, 0.2) is 42.5 Å².